The molecule has 2 amide bonds. The van der Waals surface area contributed by atoms with Gasteiger partial charge in [-0.25, -0.2) is 4.79 Å². The standard InChI is InChI=1S/C24H27N3O4/c1-31-23(30)18-6-5-7-19(14-18)26-21(28)20-15-27(16-24(20)10-3-2-4-11-24)22(29)17-8-12-25-13-9-17/h5-9,12-14,20H,2-4,10-11,15-16H2,1H3,(H,26,28). The van der Waals surface area contributed by atoms with Crippen molar-refractivity contribution in [3.05, 3.63) is 59.9 Å². The van der Waals surface area contributed by atoms with E-state index in [2.05, 4.69) is 10.3 Å². The lowest BCUT2D eigenvalue weighted by Crippen LogP contribution is -2.39. The Hall–Kier alpha value is -3.22. The van der Waals surface area contributed by atoms with Gasteiger partial charge >= 0.3 is 5.97 Å². The zero-order valence-electron chi connectivity index (χ0n) is 17.7. The highest BCUT2D eigenvalue weighted by molar-refractivity contribution is 5.98. The molecule has 2 heterocycles. The first-order valence-electron chi connectivity index (χ1n) is 10.7. The molecule has 2 aliphatic rings. The number of rotatable bonds is 4. The number of nitrogens with zero attached hydrogens (tertiary/aromatic N) is 2. The van der Waals surface area contributed by atoms with E-state index in [9.17, 15) is 14.4 Å². The Kier molecular flexibility index (Phi) is 6.02. The molecule has 0 bridgehead atoms. The first-order chi connectivity index (χ1) is 15.0. The number of nitrogens with one attached hydrogen (secondary N) is 1. The molecule has 1 spiro atoms. The molecule has 1 saturated heterocycles. The molecule has 1 aromatic carbocycles. The molecule has 1 aromatic heterocycles. The van der Waals surface area contributed by atoms with Gasteiger partial charge in [-0.2, -0.15) is 0 Å². The number of hydrogen-bond acceptors (Lipinski definition) is 5. The summed E-state index contributed by atoms with van der Waals surface area (Å²) in [6.45, 7) is 0.984. The third kappa shape index (κ3) is 4.31. The summed E-state index contributed by atoms with van der Waals surface area (Å²) in [5.41, 5.74) is 1.32. The fourth-order valence-electron chi connectivity index (χ4n) is 5.00. The predicted molar refractivity (Wildman–Crippen MR) is 116 cm³/mol. The highest BCUT2D eigenvalue weighted by Gasteiger charge is 2.51. The molecule has 7 heteroatoms. The number of amides is 2. The van der Waals surface area contributed by atoms with Crippen LogP contribution in [-0.2, 0) is 9.53 Å². The molecule has 1 N–H and O–H groups in total. The molecule has 2 fully saturated rings. The van der Waals surface area contributed by atoms with E-state index in [1.165, 1.54) is 7.11 Å². The molecule has 7 nitrogen and oxygen atoms in total. The van der Waals surface area contributed by atoms with Crippen LogP contribution in [0.4, 0.5) is 5.69 Å². The molecule has 1 atom stereocenters. The number of esters is 1. The van der Waals surface area contributed by atoms with Crippen LogP contribution in [0.15, 0.2) is 48.8 Å². The highest BCUT2D eigenvalue weighted by atomic mass is 16.5. The van der Waals surface area contributed by atoms with Crippen molar-refractivity contribution in [2.45, 2.75) is 32.1 Å². The number of hydrogen-bond donors (Lipinski definition) is 1. The first kappa shape index (κ1) is 21.0. The van der Waals surface area contributed by atoms with Gasteiger partial charge in [0.1, 0.15) is 0 Å². The van der Waals surface area contributed by atoms with Crippen molar-refractivity contribution in [1.29, 1.82) is 0 Å². The van der Waals surface area contributed by atoms with Gasteiger partial charge < -0.3 is 15.0 Å². The number of likely N-dealkylation sites (tertiary alicyclic amines) is 1. The Bertz CT molecular complexity index is 970. The van der Waals surface area contributed by atoms with E-state index < -0.39 is 5.97 Å². The number of carbonyl (C=O) groups excluding carboxylic acids is 3. The largest absolute Gasteiger partial charge is 0.465 e. The molecule has 1 saturated carbocycles. The second-order valence-electron chi connectivity index (χ2n) is 8.46. The van der Waals surface area contributed by atoms with Crippen molar-refractivity contribution in [1.82, 2.24) is 9.88 Å². The molecular formula is C24H27N3O4. The number of carbonyl (C=O) groups is 3. The van der Waals surface area contributed by atoms with Crippen molar-refractivity contribution in [2.24, 2.45) is 11.3 Å². The fraction of sp³-hybridized carbons (Fsp3) is 0.417. The zero-order valence-corrected chi connectivity index (χ0v) is 17.7. The van der Waals surface area contributed by atoms with Crippen LogP contribution in [0, 0.1) is 11.3 Å². The maximum Gasteiger partial charge on any atom is 0.337 e. The minimum atomic E-state index is -0.449. The van der Waals surface area contributed by atoms with Gasteiger partial charge in [-0.15, -0.1) is 0 Å². The summed E-state index contributed by atoms with van der Waals surface area (Å²) in [5.74, 6) is -0.903. The maximum absolute atomic E-state index is 13.4. The number of benzene rings is 1. The molecule has 2 aromatic rings. The zero-order chi connectivity index (χ0) is 21.8. The van der Waals surface area contributed by atoms with Crippen LogP contribution in [0.2, 0.25) is 0 Å². The molecule has 0 radical (unpaired) electrons. The van der Waals surface area contributed by atoms with E-state index in [-0.39, 0.29) is 23.1 Å². The van der Waals surface area contributed by atoms with E-state index in [1.807, 2.05) is 4.90 Å². The van der Waals surface area contributed by atoms with Crippen LogP contribution in [0.25, 0.3) is 0 Å². The Labute approximate surface area is 181 Å². The third-order valence-corrected chi connectivity index (χ3v) is 6.58. The summed E-state index contributed by atoms with van der Waals surface area (Å²) in [5, 5.41) is 2.98. The quantitative estimate of drug-likeness (QED) is 0.763. The Morgan fingerprint density at radius 1 is 1.06 bits per heavy atom. The lowest BCUT2D eigenvalue weighted by atomic mass is 9.67. The third-order valence-electron chi connectivity index (χ3n) is 6.58. The lowest BCUT2D eigenvalue weighted by Gasteiger charge is -2.37. The van der Waals surface area contributed by atoms with Crippen LogP contribution in [0.5, 0.6) is 0 Å². The summed E-state index contributed by atoms with van der Waals surface area (Å²) in [7, 11) is 1.33. The van der Waals surface area contributed by atoms with Gasteiger partial charge in [0.2, 0.25) is 5.91 Å². The molecule has 162 valence electrons. The average molecular weight is 421 g/mol. The van der Waals surface area contributed by atoms with Crippen LogP contribution < -0.4 is 5.32 Å². The fourth-order valence-corrected chi connectivity index (χ4v) is 5.00. The molecule has 4 rings (SSSR count). The number of pyridine rings is 1. The van der Waals surface area contributed by atoms with Crippen molar-refractivity contribution in [3.8, 4) is 0 Å². The Morgan fingerprint density at radius 3 is 2.52 bits per heavy atom. The summed E-state index contributed by atoms with van der Waals surface area (Å²) in [6, 6.07) is 10.2. The summed E-state index contributed by atoms with van der Waals surface area (Å²) >= 11 is 0. The molecule has 1 unspecified atom stereocenters. The van der Waals surface area contributed by atoms with Gasteiger partial charge in [0, 0.05) is 42.1 Å². The normalized spacial score (nSPS) is 19.8. The number of ether oxygens (including phenoxy) is 1. The van der Waals surface area contributed by atoms with E-state index in [0.717, 1.165) is 32.1 Å². The van der Waals surface area contributed by atoms with Gasteiger partial charge in [0.05, 0.1) is 18.6 Å². The van der Waals surface area contributed by atoms with Crippen molar-refractivity contribution < 1.29 is 19.1 Å². The monoisotopic (exact) mass is 421 g/mol. The second-order valence-corrected chi connectivity index (χ2v) is 8.46. The summed E-state index contributed by atoms with van der Waals surface area (Å²) in [6.07, 6.45) is 8.39. The minimum absolute atomic E-state index is 0.0599. The second kappa shape index (κ2) is 8.88. The van der Waals surface area contributed by atoms with Crippen LogP contribution in [-0.4, -0.2) is 47.9 Å². The minimum Gasteiger partial charge on any atom is -0.465 e. The van der Waals surface area contributed by atoms with Crippen molar-refractivity contribution >= 4 is 23.5 Å². The summed E-state index contributed by atoms with van der Waals surface area (Å²) < 4.78 is 4.77. The van der Waals surface area contributed by atoms with E-state index in [0.29, 0.717) is 29.9 Å². The summed E-state index contributed by atoms with van der Waals surface area (Å²) in [4.78, 5) is 44.1. The molecule has 31 heavy (non-hydrogen) atoms. The van der Waals surface area contributed by atoms with Crippen LogP contribution in [0.3, 0.4) is 0 Å². The highest BCUT2D eigenvalue weighted by Crippen LogP contribution is 2.48. The van der Waals surface area contributed by atoms with Crippen molar-refractivity contribution in [3.63, 3.8) is 0 Å². The lowest BCUT2D eigenvalue weighted by molar-refractivity contribution is -0.123. The molecular weight excluding hydrogens is 394 g/mol. The Morgan fingerprint density at radius 2 is 1.81 bits per heavy atom. The van der Waals surface area contributed by atoms with Gasteiger partial charge in [-0.1, -0.05) is 25.3 Å². The first-order valence-corrected chi connectivity index (χ1v) is 10.7. The number of methoxy groups -OCH3 is 1. The van der Waals surface area contributed by atoms with Crippen molar-refractivity contribution in [2.75, 3.05) is 25.5 Å². The Balaban J connectivity index is 1.55. The smallest absolute Gasteiger partial charge is 0.337 e. The van der Waals surface area contributed by atoms with Gasteiger partial charge in [0.15, 0.2) is 0 Å². The predicted octanol–water partition coefficient (Wildman–Crippen LogP) is 3.53. The van der Waals surface area contributed by atoms with Gasteiger partial charge in [-0.05, 0) is 43.2 Å². The van der Waals surface area contributed by atoms with Gasteiger partial charge in [-0.3, -0.25) is 14.6 Å². The van der Waals surface area contributed by atoms with Crippen LogP contribution >= 0.6 is 0 Å². The van der Waals surface area contributed by atoms with Crippen LogP contribution in [0.1, 0.15) is 52.8 Å². The SMILES string of the molecule is COC(=O)c1cccc(NC(=O)C2CN(C(=O)c3ccncc3)CC23CCCCC3)c1. The molecule has 1 aliphatic heterocycles. The topological polar surface area (TPSA) is 88.6 Å². The number of anilines is 1. The molecule has 1 aliphatic carbocycles. The van der Waals surface area contributed by atoms with Gasteiger partial charge in [0.25, 0.3) is 5.91 Å². The van der Waals surface area contributed by atoms with E-state index in [1.54, 1.807) is 48.8 Å². The van der Waals surface area contributed by atoms with E-state index in [4.69, 9.17) is 4.74 Å². The maximum atomic E-state index is 13.4. The number of aromatic nitrogens is 1. The average Bonchev–Trinajstić information content (AvgIpc) is 3.17. The van der Waals surface area contributed by atoms with E-state index >= 15 is 0 Å².